The molecule has 0 aliphatic heterocycles. The molecule has 2 N–H and O–H groups in total. The van der Waals surface area contributed by atoms with Crippen LogP contribution in [0.15, 0.2) is 30.3 Å². The Morgan fingerprint density at radius 1 is 1.31 bits per heavy atom. The minimum absolute atomic E-state index is 0.266. The number of ether oxygens (including phenoxy) is 1. The third-order valence-electron chi connectivity index (χ3n) is 1.50. The first kappa shape index (κ1) is 17.1. The van der Waals surface area contributed by atoms with Crippen LogP contribution in [0.4, 0.5) is 0 Å². The molecule has 1 aromatic carbocycles. The van der Waals surface area contributed by atoms with Crippen molar-refractivity contribution >= 4 is 6.47 Å². The molecule has 0 spiro atoms. The molecule has 92 valence electrons. The zero-order valence-corrected chi connectivity index (χ0v) is 10.6. The Balaban J connectivity index is 0. The number of hydrogen-bond acceptors (Lipinski definition) is 3. The number of carbonyl (C=O) groups excluding carboxylic acids is 1. The second-order valence-corrected chi connectivity index (χ2v) is 3.00. The Hall–Kier alpha value is -1.35. The molecule has 0 fully saturated rings. The van der Waals surface area contributed by atoms with E-state index >= 15 is 0 Å². The third-order valence-corrected chi connectivity index (χ3v) is 1.50. The first-order chi connectivity index (χ1) is 7.70. The van der Waals surface area contributed by atoms with Crippen molar-refractivity contribution < 1.29 is 9.53 Å². The van der Waals surface area contributed by atoms with Gasteiger partial charge in [-0.1, -0.05) is 44.2 Å². The van der Waals surface area contributed by atoms with Crippen LogP contribution in [0.2, 0.25) is 0 Å². The molecule has 0 aliphatic rings. The molecule has 0 heterocycles. The van der Waals surface area contributed by atoms with Crippen molar-refractivity contribution in [1.29, 1.82) is 0 Å². The standard InChI is InChI=1S/C9H13N.C2H4O2.C2H6/c1-8(10)7-9-5-3-2-4-6-9;1-4-2-3;1-2/h2-6,8H,7,10H2,1H3;2H,1H3;1-2H3. The highest BCUT2D eigenvalue weighted by Gasteiger charge is 1.94. The van der Waals surface area contributed by atoms with Crippen molar-refractivity contribution in [3.05, 3.63) is 35.9 Å². The van der Waals surface area contributed by atoms with Gasteiger partial charge in [-0.15, -0.1) is 0 Å². The van der Waals surface area contributed by atoms with Gasteiger partial charge < -0.3 is 10.5 Å². The lowest BCUT2D eigenvalue weighted by Gasteiger charge is -2.02. The Morgan fingerprint density at radius 3 is 2.06 bits per heavy atom. The van der Waals surface area contributed by atoms with Gasteiger partial charge in [0.1, 0.15) is 0 Å². The van der Waals surface area contributed by atoms with Crippen LogP contribution >= 0.6 is 0 Å². The summed E-state index contributed by atoms with van der Waals surface area (Å²) in [6, 6.07) is 10.6. The van der Waals surface area contributed by atoms with Crippen molar-refractivity contribution in [3.63, 3.8) is 0 Å². The molecule has 0 aliphatic carbocycles. The van der Waals surface area contributed by atoms with E-state index in [1.807, 2.05) is 39.0 Å². The summed E-state index contributed by atoms with van der Waals surface area (Å²) in [6.45, 7) is 6.40. The zero-order valence-electron chi connectivity index (χ0n) is 10.6. The molecule has 0 saturated carbocycles. The predicted molar refractivity (Wildman–Crippen MR) is 68.2 cm³/mol. The van der Waals surface area contributed by atoms with Crippen LogP contribution in [0, 0.1) is 0 Å². The molecule has 0 saturated heterocycles. The number of rotatable bonds is 3. The molecule has 16 heavy (non-hydrogen) atoms. The van der Waals surface area contributed by atoms with Crippen molar-refractivity contribution in [1.82, 2.24) is 0 Å². The highest BCUT2D eigenvalue weighted by atomic mass is 16.5. The molecule has 3 heteroatoms. The second-order valence-electron chi connectivity index (χ2n) is 3.00. The van der Waals surface area contributed by atoms with Gasteiger partial charge in [0.05, 0.1) is 7.11 Å². The Morgan fingerprint density at radius 2 is 1.75 bits per heavy atom. The van der Waals surface area contributed by atoms with E-state index in [0.717, 1.165) is 6.42 Å². The van der Waals surface area contributed by atoms with Gasteiger partial charge >= 0.3 is 0 Å². The summed E-state index contributed by atoms with van der Waals surface area (Å²) >= 11 is 0. The van der Waals surface area contributed by atoms with Crippen LogP contribution in [-0.4, -0.2) is 19.6 Å². The topological polar surface area (TPSA) is 52.3 Å². The molecule has 0 aromatic heterocycles. The summed E-state index contributed by atoms with van der Waals surface area (Å²) < 4.78 is 3.86. The fraction of sp³-hybridized carbons (Fsp3) is 0.462. The van der Waals surface area contributed by atoms with Crippen molar-refractivity contribution in [2.24, 2.45) is 5.73 Å². The van der Waals surface area contributed by atoms with Crippen LogP contribution in [0.1, 0.15) is 26.3 Å². The average molecular weight is 225 g/mol. The van der Waals surface area contributed by atoms with Gasteiger partial charge in [0.25, 0.3) is 6.47 Å². The van der Waals surface area contributed by atoms with Crippen LogP contribution < -0.4 is 5.73 Å². The summed E-state index contributed by atoms with van der Waals surface area (Å²) in [5.74, 6) is 0. The monoisotopic (exact) mass is 225 g/mol. The molecule has 0 bridgehead atoms. The van der Waals surface area contributed by atoms with E-state index < -0.39 is 0 Å². The Labute approximate surface area is 98.6 Å². The minimum atomic E-state index is 0.266. The third kappa shape index (κ3) is 12.7. The Kier molecular flexibility index (Phi) is 14.6. The molecule has 1 aromatic rings. The van der Waals surface area contributed by atoms with Gasteiger partial charge in [-0.2, -0.15) is 0 Å². The van der Waals surface area contributed by atoms with E-state index in [1.165, 1.54) is 12.7 Å². The number of nitrogens with two attached hydrogens (primary N) is 1. The van der Waals surface area contributed by atoms with Crippen molar-refractivity contribution in [2.45, 2.75) is 33.2 Å². The van der Waals surface area contributed by atoms with E-state index in [-0.39, 0.29) is 6.04 Å². The van der Waals surface area contributed by atoms with E-state index in [1.54, 1.807) is 0 Å². The van der Waals surface area contributed by atoms with Crippen molar-refractivity contribution in [3.8, 4) is 0 Å². The molecule has 1 unspecified atom stereocenters. The van der Waals surface area contributed by atoms with Gasteiger partial charge in [-0.3, -0.25) is 4.79 Å². The van der Waals surface area contributed by atoms with Gasteiger partial charge in [-0.05, 0) is 18.9 Å². The van der Waals surface area contributed by atoms with Crippen LogP contribution in [0.25, 0.3) is 0 Å². The molecule has 0 amide bonds. The lowest BCUT2D eigenvalue weighted by atomic mass is 10.1. The second kappa shape index (κ2) is 13.7. The van der Waals surface area contributed by atoms with Crippen LogP contribution in [0.3, 0.4) is 0 Å². The van der Waals surface area contributed by atoms with Gasteiger partial charge in [0.2, 0.25) is 0 Å². The molecule has 1 atom stereocenters. The van der Waals surface area contributed by atoms with Crippen molar-refractivity contribution in [2.75, 3.05) is 7.11 Å². The summed E-state index contributed by atoms with van der Waals surface area (Å²) in [6.07, 6.45) is 0.973. The van der Waals surface area contributed by atoms with Gasteiger partial charge in [-0.25, -0.2) is 0 Å². The minimum Gasteiger partial charge on any atom is -0.471 e. The number of carbonyl (C=O) groups is 1. The summed E-state index contributed by atoms with van der Waals surface area (Å²) in [7, 11) is 1.31. The first-order valence-corrected chi connectivity index (χ1v) is 5.46. The fourth-order valence-corrected chi connectivity index (χ4v) is 0.986. The fourth-order valence-electron chi connectivity index (χ4n) is 0.986. The molecular weight excluding hydrogens is 202 g/mol. The van der Waals surface area contributed by atoms with E-state index in [2.05, 4.69) is 16.9 Å². The normalized spacial score (nSPS) is 9.81. The SMILES string of the molecule is CC.CC(N)Cc1ccccc1.COC=O. The van der Waals surface area contributed by atoms with E-state index in [0.29, 0.717) is 6.47 Å². The highest BCUT2D eigenvalue weighted by molar-refractivity contribution is 5.36. The molecule has 0 radical (unpaired) electrons. The number of methoxy groups -OCH3 is 1. The van der Waals surface area contributed by atoms with E-state index in [9.17, 15) is 0 Å². The first-order valence-electron chi connectivity index (χ1n) is 5.46. The lowest BCUT2D eigenvalue weighted by Crippen LogP contribution is -2.17. The van der Waals surface area contributed by atoms with Gasteiger partial charge in [0, 0.05) is 6.04 Å². The van der Waals surface area contributed by atoms with E-state index in [4.69, 9.17) is 10.5 Å². The average Bonchev–Trinajstić information content (AvgIpc) is 2.32. The lowest BCUT2D eigenvalue weighted by molar-refractivity contribution is -0.126. The number of hydrogen-bond donors (Lipinski definition) is 1. The van der Waals surface area contributed by atoms with Crippen LogP contribution in [-0.2, 0) is 16.0 Å². The predicted octanol–water partition coefficient (Wildman–Crippen LogP) is 2.39. The summed E-state index contributed by atoms with van der Waals surface area (Å²) in [4.78, 5) is 8.95. The molecule has 3 nitrogen and oxygen atoms in total. The maximum absolute atomic E-state index is 8.95. The summed E-state index contributed by atoms with van der Waals surface area (Å²) in [5, 5.41) is 0. The highest BCUT2D eigenvalue weighted by Crippen LogP contribution is 2.00. The maximum atomic E-state index is 8.95. The number of benzene rings is 1. The largest absolute Gasteiger partial charge is 0.471 e. The Bertz CT molecular complexity index is 235. The molecular formula is C13H23NO2. The molecule has 1 rings (SSSR count). The maximum Gasteiger partial charge on any atom is 0.292 e. The quantitative estimate of drug-likeness (QED) is 0.804. The zero-order chi connectivity index (χ0) is 12.8. The van der Waals surface area contributed by atoms with Crippen LogP contribution in [0.5, 0.6) is 0 Å². The van der Waals surface area contributed by atoms with Gasteiger partial charge in [0.15, 0.2) is 0 Å². The summed E-state index contributed by atoms with van der Waals surface area (Å²) in [5.41, 5.74) is 6.94. The smallest absolute Gasteiger partial charge is 0.292 e.